The summed E-state index contributed by atoms with van der Waals surface area (Å²) in [6, 6.07) is 16.1. The topological polar surface area (TPSA) is 38.8 Å². The summed E-state index contributed by atoms with van der Waals surface area (Å²) in [6.07, 6.45) is -0.248. The molecule has 0 aromatic heterocycles. The minimum atomic E-state index is -0.458. The minimum Gasteiger partial charge on any atom is -0.493 e. The Hall–Kier alpha value is -2.01. The van der Waals surface area contributed by atoms with Crippen molar-refractivity contribution in [2.24, 2.45) is 5.92 Å². The van der Waals surface area contributed by atoms with Crippen LogP contribution in [0.2, 0.25) is 0 Å². The highest BCUT2D eigenvalue weighted by atomic mass is 79.9. The van der Waals surface area contributed by atoms with Crippen LogP contribution in [0.3, 0.4) is 0 Å². The van der Waals surface area contributed by atoms with Gasteiger partial charge in [0.25, 0.3) is 0 Å². The van der Waals surface area contributed by atoms with E-state index in [4.69, 9.17) is 9.47 Å². The fourth-order valence-electron chi connectivity index (χ4n) is 2.85. The zero-order valence-electron chi connectivity index (χ0n) is 15.4. The Labute approximate surface area is 163 Å². The first kappa shape index (κ1) is 18.8. The molecule has 26 heavy (non-hydrogen) atoms. The molecule has 3 rings (SSSR count). The van der Waals surface area contributed by atoms with Crippen LogP contribution in [-0.4, -0.2) is 36.3 Å². The van der Waals surface area contributed by atoms with Crippen LogP contribution in [-0.2, 0) is 4.74 Å². The number of likely N-dealkylation sites (tertiary alicyclic amines) is 1. The second kappa shape index (κ2) is 7.70. The van der Waals surface area contributed by atoms with E-state index in [1.807, 2.05) is 57.2 Å². The molecule has 0 aliphatic carbocycles. The summed E-state index contributed by atoms with van der Waals surface area (Å²) in [4.78, 5) is 13.7. The molecule has 1 aliphatic heterocycles. The van der Waals surface area contributed by atoms with Gasteiger partial charge >= 0.3 is 6.09 Å². The van der Waals surface area contributed by atoms with E-state index >= 15 is 0 Å². The molecule has 0 radical (unpaired) electrons. The molecule has 0 bridgehead atoms. The maximum Gasteiger partial charge on any atom is 0.410 e. The lowest BCUT2D eigenvalue weighted by atomic mass is 10.0. The predicted molar refractivity (Wildman–Crippen MR) is 106 cm³/mol. The summed E-state index contributed by atoms with van der Waals surface area (Å²) in [5.74, 6) is 1.19. The van der Waals surface area contributed by atoms with E-state index in [1.165, 1.54) is 0 Å². The van der Waals surface area contributed by atoms with E-state index in [1.54, 1.807) is 4.90 Å². The van der Waals surface area contributed by atoms with Crippen LogP contribution in [0, 0.1) is 5.92 Å². The Morgan fingerprint density at radius 3 is 2.35 bits per heavy atom. The molecule has 0 saturated carbocycles. The van der Waals surface area contributed by atoms with Crippen LogP contribution < -0.4 is 4.74 Å². The molecule has 1 fully saturated rings. The molecule has 1 aliphatic rings. The van der Waals surface area contributed by atoms with Crippen molar-refractivity contribution in [3.63, 3.8) is 0 Å². The van der Waals surface area contributed by atoms with Crippen molar-refractivity contribution in [2.75, 3.05) is 19.7 Å². The Kier molecular flexibility index (Phi) is 5.56. The highest BCUT2D eigenvalue weighted by molar-refractivity contribution is 9.10. The molecular formula is C21H24BrNO3. The van der Waals surface area contributed by atoms with Crippen molar-refractivity contribution >= 4 is 22.0 Å². The van der Waals surface area contributed by atoms with Crippen LogP contribution in [0.15, 0.2) is 53.0 Å². The number of hydrogen-bond donors (Lipinski definition) is 0. The van der Waals surface area contributed by atoms with Gasteiger partial charge < -0.3 is 14.4 Å². The normalized spacial score (nSPS) is 14.7. The van der Waals surface area contributed by atoms with Gasteiger partial charge in [-0.1, -0.05) is 52.3 Å². The largest absolute Gasteiger partial charge is 0.493 e. The number of nitrogens with zero attached hydrogens (tertiary/aromatic N) is 1. The monoisotopic (exact) mass is 417 g/mol. The van der Waals surface area contributed by atoms with Crippen LogP contribution in [0.1, 0.15) is 20.8 Å². The van der Waals surface area contributed by atoms with Gasteiger partial charge in [-0.2, -0.15) is 0 Å². The zero-order chi connectivity index (χ0) is 18.7. The first-order chi connectivity index (χ1) is 12.3. The van der Waals surface area contributed by atoms with Gasteiger partial charge in [0.15, 0.2) is 0 Å². The molecule has 0 spiro atoms. The summed E-state index contributed by atoms with van der Waals surface area (Å²) < 4.78 is 12.5. The Bertz CT molecular complexity index is 779. The predicted octanol–water partition coefficient (Wildman–Crippen LogP) is 5.36. The van der Waals surface area contributed by atoms with Crippen molar-refractivity contribution in [3.8, 4) is 16.9 Å². The third-order valence-electron chi connectivity index (χ3n) is 4.13. The fourth-order valence-corrected chi connectivity index (χ4v) is 3.35. The maximum atomic E-state index is 12.0. The molecular weight excluding hydrogens is 394 g/mol. The van der Waals surface area contributed by atoms with Gasteiger partial charge in [-0.25, -0.2) is 4.79 Å². The van der Waals surface area contributed by atoms with Crippen molar-refractivity contribution < 1.29 is 14.3 Å². The van der Waals surface area contributed by atoms with E-state index in [2.05, 4.69) is 28.1 Å². The molecule has 0 N–H and O–H groups in total. The average Bonchev–Trinajstić information content (AvgIpc) is 2.53. The van der Waals surface area contributed by atoms with Gasteiger partial charge in [0.2, 0.25) is 0 Å². The molecule has 2 aromatic rings. The molecule has 0 unspecified atom stereocenters. The minimum absolute atomic E-state index is 0.248. The first-order valence-electron chi connectivity index (χ1n) is 8.78. The average molecular weight is 418 g/mol. The van der Waals surface area contributed by atoms with Gasteiger partial charge in [-0.05, 0) is 38.5 Å². The summed E-state index contributed by atoms with van der Waals surface area (Å²) in [5.41, 5.74) is 1.70. The van der Waals surface area contributed by atoms with E-state index in [9.17, 15) is 4.79 Å². The van der Waals surface area contributed by atoms with Gasteiger partial charge in [0, 0.05) is 29.0 Å². The smallest absolute Gasteiger partial charge is 0.410 e. The maximum absolute atomic E-state index is 12.0. The van der Waals surface area contributed by atoms with E-state index in [0.717, 1.165) is 21.3 Å². The number of carbonyl (C=O) groups is 1. The second-order valence-electron chi connectivity index (χ2n) is 7.54. The molecule has 0 atom stereocenters. The number of amides is 1. The Morgan fingerprint density at radius 1 is 1.08 bits per heavy atom. The summed E-state index contributed by atoms with van der Waals surface area (Å²) in [7, 11) is 0. The van der Waals surface area contributed by atoms with E-state index in [0.29, 0.717) is 25.6 Å². The lowest BCUT2D eigenvalue weighted by Crippen LogP contribution is -2.53. The highest BCUT2D eigenvalue weighted by Crippen LogP contribution is 2.35. The van der Waals surface area contributed by atoms with Crippen molar-refractivity contribution in [1.82, 2.24) is 4.90 Å². The van der Waals surface area contributed by atoms with Crippen LogP contribution >= 0.6 is 15.9 Å². The second-order valence-corrected chi connectivity index (χ2v) is 8.39. The third-order valence-corrected chi connectivity index (χ3v) is 4.83. The number of halogens is 1. The SMILES string of the molecule is CC(C)(C)OC(=O)N1CC(COc2ccccc2-c2ccccc2Br)C1. The summed E-state index contributed by atoms with van der Waals surface area (Å²) in [6.45, 7) is 7.57. The van der Waals surface area contributed by atoms with Crippen LogP contribution in [0.4, 0.5) is 4.79 Å². The van der Waals surface area contributed by atoms with Gasteiger partial charge in [0.05, 0.1) is 6.61 Å². The van der Waals surface area contributed by atoms with Gasteiger partial charge in [0.1, 0.15) is 11.4 Å². The van der Waals surface area contributed by atoms with Crippen molar-refractivity contribution in [3.05, 3.63) is 53.0 Å². The summed E-state index contributed by atoms with van der Waals surface area (Å²) in [5, 5.41) is 0. The third kappa shape index (κ3) is 4.58. The quantitative estimate of drug-likeness (QED) is 0.671. The molecule has 1 saturated heterocycles. The van der Waals surface area contributed by atoms with E-state index in [-0.39, 0.29) is 6.09 Å². The number of ether oxygens (including phenoxy) is 2. The highest BCUT2D eigenvalue weighted by Gasteiger charge is 2.34. The molecule has 1 heterocycles. The summed E-state index contributed by atoms with van der Waals surface area (Å²) >= 11 is 3.61. The zero-order valence-corrected chi connectivity index (χ0v) is 17.0. The molecule has 5 heteroatoms. The molecule has 138 valence electrons. The number of para-hydroxylation sites is 1. The number of carbonyl (C=O) groups excluding carboxylic acids is 1. The standard InChI is InChI=1S/C21H24BrNO3/c1-21(2,3)26-20(24)23-12-15(13-23)14-25-19-11-7-5-9-17(19)16-8-4-6-10-18(16)22/h4-11,15H,12-14H2,1-3H3. The van der Waals surface area contributed by atoms with E-state index < -0.39 is 5.60 Å². The molecule has 1 amide bonds. The Morgan fingerprint density at radius 2 is 1.69 bits per heavy atom. The lowest BCUT2D eigenvalue weighted by molar-refractivity contribution is -0.00778. The van der Waals surface area contributed by atoms with Gasteiger partial charge in [-0.15, -0.1) is 0 Å². The van der Waals surface area contributed by atoms with Crippen molar-refractivity contribution in [1.29, 1.82) is 0 Å². The van der Waals surface area contributed by atoms with Crippen LogP contribution in [0.5, 0.6) is 5.75 Å². The Balaban J connectivity index is 1.58. The van der Waals surface area contributed by atoms with Crippen molar-refractivity contribution in [2.45, 2.75) is 26.4 Å². The fraction of sp³-hybridized carbons (Fsp3) is 0.381. The molecule has 2 aromatic carbocycles. The lowest BCUT2D eigenvalue weighted by Gasteiger charge is -2.39. The molecule has 4 nitrogen and oxygen atoms in total. The number of rotatable bonds is 4. The van der Waals surface area contributed by atoms with Crippen LogP contribution in [0.25, 0.3) is 11.1 Å². The number of benzene rings is 2. The van der Waals surface area contributed by atoms with Gasteiger partial charge in [-0.3, -0.25) is 0 Å². The number of hydrogen-bond acceptors (Lipinski definition) is 3. The first-order valence-corrected chi connectivity index (χ1v) is 9.57.